The predicted octanol–water partition coefficient (Wildman–Crippen LogP) is 2.09. The average molecular weight is 518 g/mol. The zero-order valence-electron chi connectivity index (χ0n) is 22.6. The molecule has 0 aliphatic carbocycles. The fraction of sp³-hybridized carbons (Fsp3) is 0.538. The highest BCUT2D eigenvalue weighted by molar-refractivity contribution is 5.98. The van der Waals surface area contributed by atoms with Crippen LogP contribution in [0.1, 0.15) is 41.0 Å². The number of rotatable bonds is 13. The summed E-state index contributed by atoms with van der Waals surface area (Å²) in [6.45, 7) is 10.4. The molecule has 0 unspecified atom stereocenters. The van der Waals surface area contributed by atoms with Gasteiger partial charge in [0.2, 0.25) is 11.8 Å². The molecule has 204 valence electrons. The van der Waals surface area contributed by atoms with E-state index < -0.39 is 17.2 Å². The number of anilines is 2. The first kappa shape index (κ1) is 29.5. The van der Waals surface area contributed by atoms with Crippen molar-refractivity contribution in [1.82, 2.24) is 14.5 Å². The van der Waals surface area contributed by atoms with Crippen LogP contribution in [0.5, 0.6) is 11.5 Å². The maximum Gasteiger partial charge on any atom is 0.330 e. The van der Waals surface area contributed by atoms with Crippen LogP contribution in [-0.4, -0.2) is 59.6 Å². The summed E-state index contributed by atoms with van der Waals surface area (Å²) in [5.74, 6) is 0.561. The number of aromatic amines is 1. The van der Waals surface area contributed by atoms with Crippen molar-refractivity contribution < 1.29 is 19.1 Å². The minimum Gasteiger partial charge on any atom is -0.494 e. The molecule has 2 amide bonds. The Labute approximate surface area is 217 Å². The molecule has 11 heteroatoms. The molecule has 1 aromatic heterocycles. The van der Waals surface area contributed by atoms with Crippen molar-refractivity contribution >= 4 is 23.3 Å². The van der Waals surface area contributed by atoms with Gasteiger partial charge in [-0.05, 0) is 43.0 Å². The van der Waals surface area contributed by atoms with E-state index in [1.54, 1.807) is 24.3 Å². The Morgan fingerprint density at radius 2 is 1.59 bits per heavy atom. The fourth-order valence-corrected chi connectivity index (χ4v) is 3.69. The van der Waals surface area contributed by atoms with Crippen LogP contribution in [0.25, 0.3) is 0 Å². The lowest BCUT2D eigenvalue weighted by Crippen LogP contribution is -2.47. The minimum atomic E-state index is -0.741. The molecule has 0 atom stereocenters. The zero-order valence-corrected chi connectivity index (χ0v) is 22.6. The number of ether oxygens (including phenoxy) is 2. The van der Waals surface area contributed by atoms with Crippen LogP contribution in [-0.2, 0) is 16.1 Å². The highest BCUT2D eigenvalue weighted by Gasteiger charge is 2.27. The highest BCUT2D eigenvalue weighted by atomic mass is 16.5. The third-order valence-electron chi connectivity index (χ3n) is 5.40. The van der Waals surface area contributed by atoms with Gasteiger partial charge in [0.25, 0.3) is 5.56 Å². The van der Waals surface area contributed by atoms with E-state index in [0.29, 0.717) is 12.4 Å². The van der Waals surface area contributed by atoms with Crippen molar-refractivity contribution in [2.24, 2.45) is 11.8 Å². The quantitative estimate of drug-likeness (QED) is 0.415. The van der Waals surface area contributed by atoms with E-state index in [2.05, 4.69) is 4.98 Å². The second-order valence-corrected chi connectivity index (χ2v) is 9.65. The molecule has 0 bridgehead atoms. The average Bonchev–Trinajstić information content (AvgIpc) is 2.81. The molecule has 3 N–H and O–H groups in total. The van der Waals surface area contributed by atoms with Crippen molar-refractivity contribution in [3.63, 3.8) is 0 Å². The van der Waals surface area contributed by atoms with Crippen LogP contribution < -0.4 is 31.4 Å². The van der Waals surface area contributed by atoms with Crippen molar-refractivity contribution in [2.45, 2.75) is 47.6 Å². The third kappa shape index (κ3) is 8.40. The van der Waals surface area contributed by atoms with E-state index in [1.165, 1.54) is 21.4 Å². The predicted molar refractivity (Wildman–Crippen MR) is 143 cm³/mol. The Bertz CT molecular complexity index is 1170. The molecular weight excluding hydrogens is 478 g/mol. The molecule has 0 fully saturated rings. The molecule has 0 aliphatic rings. The summed E-state index contributed by atoms with van der Waals surface area (Å²) in [7, 11) is 1.51. The molecule has 0 saturated heterocycles. The number of aromatic nitrogens is 2. The Kier molecular flexibility index (Phi) is 10.8. The number of H-pyrrole nitrogens is 1. The van der Waals surface area contributed by atoms with Crippen LogP contribution in [0, 0.1) is 11.8 Å². The van der Waals surface area contributed by atoms with E-state index >= 15 is 0 Å². The Morgan fingerprint density at radius 3 is 2.14 bits per heavy atom. The molecule has 1 aromatic carbocycles. The minimum absolute atomic E-state index is 0.00301. The molecule has 0 saturated carbocycles. The number of carbonyl (C=O) groups is 2. The van der Waals surface area contributed by atoms with Gasteiger partial charge in [0.15, 0.2) is 5.69 Å². The summed E-state index contributed by atoms with van der Waals surface area (Å²) in [6.07, 6.45) is 0.0587. The Balaban J connectivity index is 2.11. The molecule has 2 rings (SSSR count). The van der Waals surface area contributed by atoms with E-state index in [9.17, 15) is 19.2 Å². The first-order valence-electron chi connectivity index (χ1n) is 12.5. The molecule has 11 nitrogen and oxygen atoms in total. The monoisotopic (exact) mass is 517 g/mol. The van der Waals surface area contributed by atoms with Gasteiger partial charge in [0.1, 0.15) is 17.3 Å². The van der Waals surface area contributed by atoms with Crippen LogP contribution in [0.15, 0.2) is 33.9 Å². The maximum absolute atomic E-state index is 13.3. The number of nitrogens with two attached hydrogens (primary N) is 1. The summed E-state index contributed by atoms with van der Waals surface area (Å²) in [6, 6.07) is 7.08. The molecule has 0 aliphatic heterocycles. The van der Waals surface area contributed by atoms with Gasteiger partial charge in [-0.15, -0.1) is 0 Å². The Hall–Kier alpha value is -3.76. The van der Waals surface area contributed by atoms with Crippen LogP contribution in [0.2, 0.25) is 0 Å². The van der Waals surface area contributed by atoms with Crippen LogP contribution >= 0.6 is 0 Å². The topological polar surface area (TPSA) is 140 Å². The van der Waals surface area contributed by atoms with Gasteiger partial charge in [-0.1, -0.05) is 27.7 Å². The molecule has 37 heavy (non-hydrogen) atoms. The SMILES string of the molecule is CCOc1ccc(OCCC(=O)N(C)CC(=O)N(CC(C)C)c2c(N)n(CC(C)C)c(=O)[nH]c2=O)cc1. The molecule has 2 aromatic rings. The van der Waals surface area contributed by atoms with Crippen LogP contribution in [0.4, 0.5) is 11.5 Å². The summed E-state index contributed by atoms with van der Waals surface area (Å²) in [4.78, 5) is 55.8. The number of hydrogen-bond acceptors (Lipinski definition) is 7. The summed E-state index contributed by atoms with van der Waals surface area (Å²) < 4.78 is 12.3. The third-order valence-corrected chi connectivity index (χ3v) is 5.40. The fourth-order valence-electron chi connectivity index (χ4n) is 3.69. The number of carbonyl (C=O) groups excluding carboxylic acids is 2. The molecule has 0 radical (unpaired) electrons. The lowest BCUT2D eigenvalue weighted by Gasteiger charge is -2.28. The van der Waals surface area contributed by atoms with Crippen molar-refractivity contribution in [3.8, 4) is 11.5 Å². The van der Waals surface area contributed by atoms with Crippen LogP contribution in [0.3, 0.4) is 0 Å². The maximum atomic E-state index is 13.3. The molecule has 1 heterocycles. The first-order chi connectivity index (χ1) is 17.4. The number of hydrogen-bond donors (Lipinski definition) is 2. The number of benzene rings is 1. The van der Waals surface area contributed by atoms with Gasteiger partial charge in [0, 0.05) is 20.1 Å². The van der Waals surface area contributed by atoms with Gasteiger partial charge in [0.05, 0.1) is 26.2 Å². The number of nitrogen functional groups attached to an aromatic ring is 1. The molecular formula is C26H39N5O6. The summed E-state index contributed by atoms with van der Waals surface area (Å²) in [5, 5.41) is 0. The van der Waals surface area contributed by atoms with Gasteiger partial charge >= 0.3 is 5.69 Å². The number of nitrogens with zero attached hydrogens (tertiary/aromatic N) is 3. The van der Waals surface area contributed by atoms with Gasteiger partial charge in [-0.2, -0.15) is 0 Å². The van der Waals surface area contributed by atoms with Gasteiger partial charge in [-0.3, -0.25) is 23.9 Å². The summed E-state index contributed by atoms with van der Waals surface area (Å²) in [5.41, 5.74) is 4.78. The van der Waals surface area contributed by atoms with Gasteiger partial charge < -0.3 is 25.0 Å². The van der Waals surface area contributed by atoms with Gasteiger partial charge in [-0.25, -0.2) is 4.79 Å². The summed E-state index contributed by atoms with van der Waals surface area (Å²) >= 11 is 0. The van der Waals surface area contributed by atoms with Crippen molar-refractivity contribution in [3.05, 3.63) is 45.1 Å². The normalized spacial score (nSPS) is 11.0. The molecule has 0 spiro atoms. The van der Waals surface area contributed by atoms with E-state index in [1.807, 2.05) is 34.6 Å². The van der Waals surface area contributed by atoms with E-state index in [0.717, 1.165) is 5.75 Å². The first-order valence-corrected chi connectivity index (χ1v) is 12.5. The van der Waals surface area contributed by atoms with E-state index in [4.69, 9.17) is 15.2 Å². The lowest BCUT2D eigenvalue weighted by molar-refractivity contribution is -0.134. The smallest absolute Gasteiger partial charge is 0.330 e. The largest absolute Gasteiger partial charge is 0.494 e. The zero-order chi connectivity index (χ0) is 27.7. The standard InChI is InChI=1S/C26H39N5O6/c1-7-36-19-8-10-20(11-9-19)37-13-12-21(32)29(6)16-22(33)30(14-17(2)3)23-24(27)31(15-18(4)5)26(35)28-25(23)34/h8-11,17-18H,7,12-16,27H2,1-6H3,(H,28,34,35). The van der Waals surface area contributed by atoms with E-state index in [-0.39, 0.29) is 61.9 Å². The number of likely N-dealkylation sites (N-methyl/N-ethyl adjacent to an activating group) is 1. The van der Waals surface area contributed by atoms with Crippen molar-refractivity contribution in [2.75, 3.05) is 44.0 Å². The second-order valence-electron chi connectivity index (χ2n) is 9.65. The number of amides is 2. The highest BCUT2D eigenvalue weighted by Crippen LogP contribution is 2.20. The lowest BCUT2D eigenvalue weighted by atomic mass is 10.2. The Morgan fingerprint density at radius 1 is 1.00 bits per heavy atom. The van der Waals surface area contributed by atoms with Crippen molar-refractivity contribution in [1.29, 1.82) is 0 Å². The number of nitrogens with one attached hydrogen (secondary N) is 1. The second kappa shape index (κ2) is 13.5.